The molecule has 0 N–H and O–H groups in total. The van der Waals surface area contributed by atoms with Crippen LogP contribution < -0.4 is 0 Å². The first kappa shape index (κ1) is 27.0. The highest BCUT2D eigenvalue weighted by Gasteiger charge is 2.28. The van der Waals surface area contributed by atoms with Gasteiger partial charge in [-0.15, -0.1) is 0 Å². The van der Waals surface area contributed by atoms with Gasteiger partial charge in [0.25, 0.3) is 0 Å². The number of amides is 2. The predicted octanol–water partition coefficient (Wildman–Crippen LogP) is 6.26. The van der Waals surface area contributed by atoms with E-state index in [-0.39, 0.29) is 24.4 Å². The topological polar surface area (TPSA) is 45.6 Å². The normalized spacial score (nSPS) is 14.3. The Hall–Kier alpha value is -2.56. The van der Waals surface area contributed by atoms with Crippen molar-refractivity contribution in [3.8, 4) is 0 Å². The van der Waals surface area contributed by atoms with Crippen LogP contribution in [0, 0.1) is 5.92 Å². The van der Waals surface area contributed by atoms with Crippen LogP contribution in [0.5, 0.6) is 0 Å². The van der Waals surface area contributed by atoms with Crippen molar-refractivity contribution in [1.29, 1.82) is 0 Å². The van der Waals surface area contributed by atoms with Gasteiger partial charge in [0.15, 0.2) is 0 Å². The third-order valence-corrected chi connectivity index (χ3v) is 7.08. The maximum Gasteiger partial charge on any atom is 0.242 e. The lowest BCUT2D eigenvalue weighted by molar-refractivity contribution is -0.143. The molecule has 0 bridgehead atoms. The summed E-state index contributed by atoms with van der Waals surface area (Å²) in [5, 5.41) is 0. The minimum atomic E-state index is 0.0953. The fraction of sp³-hybridized carbons (Fsp3) is 0.600. The van der Waals surface area contributed by atoms with E-state index in [1.165, 1.54) is 24.8 Å². The number of aromatic nitrogens is 1. The molecule has 192 valence electrons. The number of benzene rings is 1. The van der Waals surface area contributed by atoms with Crippen molar-refractivity contribution in [3.63, 3.8) is 0 Å². The van der Waals surface area contributed by atoms with Crippen molar-refractivity contribution in [1.82, 2.24) is 14.4 Å². The molecule has 1 saturated carbocycles. The number of rotatable bonds is 13. The van der Waals surface area contributed by atoms with Crippen molar-refractivity contribution in [2.45, 2.75) is 97.7 Å². The highest BCUT2D eigenvalue weighted by atomic mass is 16.2. The van der Waals surface area contributed by atoms with Crippen LogP contribution >= 0.6 is 0 Å². The quantitative estimate of drug-likeness (QED) is 0.318. The fourth-order valence-electron chi connectivity index (χ4n) is 5.09. The smallest absolute Gasteiger partial charge is 0.242 e. The summed E-state index contributed by atoms with van der Waals surface area (Å²) in [6, 6.07) is 14.9. The number of nitrogens with zero attached hydrogens (tertiary/aromatic N) is 3. The summed E-state index contributed by atoms with van der Waals surface area (Å²) in [4.78, 5) is 30.7. The fourth-order valence-corrected chi connectivity index (χ4v) is 5.09. The molecule has 35 heavy (non-hydrogen) atoms. The summed E-state index contributed by atoms with van der Waals surface area (Å²) < 4.78 is 2.25. The zero-order valence-corrected chi connectivity index (χ0v) is 22.1. The van der Waals surface area contributed by atoms with Crippen LogP contribution in [0.25, 0.3) is 0 Å². The molecule has 5 nitrogen and oxygen atoms in total. The van der Waals surface area contributed by atoms with E-state index in [4.69, 9.17) is 0 Å². The Kier molecular flexibility index (Phi) is 10.9. The van der Waals surface area contributed by atoms with Crippen molar-refractivity contribution in [2.24, 2.45) is 5.92 Å². The summed E-state index contributed by atoms with van der Waals surface area (Å²) in [5.41, 5.74) is 2.40. The van der Waals surface area contributed by atoms with Crippen LogP contribution in [-0.4, -0.2) is 45.3 Å². The average Bonchev–Trinajstić information content (AvgIpc) is 3.29. The van der Waals surface area contributed by atoms with Gasteiger partial charge in [0, 0.05) is 37.4 Å². The van der Waals surface area contributed by atoms with Crippen molar-refractivity contribution in [3.05, 3.63) is 59.9 Å². The lowest BCUT2D eigenvalue weighted by atomic mass is 9.94. The zero-order chi connectivity index (χ0) is 25.0. The Labute approximate surface area is 212 Å². The number of carbonyl (C=O) groups excluding carboxylic acids is 2. The van der Waals surface area contributed by atoms with E-state index in [0.717, 1.165) is 44.3 Å². The Morgan fingerprint density at radius 3 is 2.40 bits per heavy atom. The van der Waals surface area contributed by atoms with E-state index in [9.17, 15) is 9.59 Å². The molecule has 0 radical (unpaired) electrons. The summed E-state index contributed by atoms with van der Waals surface area (Å²) in [6.45, 7) is 8.58. The standard InChI is InChI=1S/C30H45N3O2/c1-4-5-12-19-32(29(34)21-25(2)3)24-30(35)33(27-16-10-7-11-17-27)23-28-18-13-20-31(28)22-26-14-8-6-9-15-26/h6,8-9,13-15,18,20,25,27H,4-5,7,10-12,16-17,19,21-24H2,1-3H3. The summed E-state index contributed by atoms with van der Waals surface area (Å²) in [5.74, 6) is 0.500. The lowest BCUT2D eigenvalue weighted by Gasteiger charge is -2.36. The van der Waals surface area contributed by atoms with E-state index in [1.54, 1.807) is 0 Å². The molecular weight excluding hydrogens is 434 g/mol. The summed E-state index contributed by atoms with van der Waals surface area (Å²) in [6.07, 6.45) is 11.5. The Bertz CT molecular complexity index is 899. The average molecular weight is 480 g/mol. The van der Waals surface area contributed by atoms with E-state index >= 15 is 0 Å². The van der Waals surface area contributed by atoms with Gasteiger partial charge >= 0.3 is 0 Å². The van der Waals surface area contributed by atoms with Gasteiger partial charge in [-0.25, -0.2) is 0 Å². The Balaban J connectivity index is 1.76. The van der Waals surface area contributed by atoms with Crippen molar-refractivity contribution >= 4 is 11.8 Å². The third-order valence-electron chi connectivity index (χ3n) is 7.08. The molecule has 2 aromatic rings. The highest BCUT2D eigenvalue weighted by molar-refractivity contribution is 5.85. The van der Waals surface area contributed by atoms with Crippen molar-refractivity contribution in [2.75, 3.05) is 13.1 Å². The van der Waals surface area contributed by atoms with E-state index in [2.05, 4.69) is 72.8 Å². The maximum atomic E-state index is 13.8. The predicted molar refractivity (Wildman–Crippen MR) is 143 cm³/mol. The van der Waals surface area contributed by atoms with Crippen LogP contribution in [-0.2, 0) is 22.7 Å². The van der Waals surface area contributed by atoms with Gasteiger partial charge in [-0.05, 0) is 42.9 Å². The molecule has 1 aromatic heterocycles. The van der Waals surface area contributed by atoms with E-state index in [0.29, 0.717) is 25.4 Å². The second kappa shape index (κ2) is 14.1. The minimum absolute atomic E-state index is 0.0953. The number of carbonyl (C=O) groups is 2. The van der Waals surface area contributed by atoms with Crippen molar-refractivity contribution < 1.29 is 9.59 Å². The molecule has 2 amide bonds. The molecule has 0 aliphatic heterocycles. The molecule has 1 aliphatic carbocycles. The van der Waals surface area contributed by atoms with Gasteiger partial charge in [-0.3, -0.25) is 9.59 Å². The first-order chi connectivity index (χ1) is 17.0. The van der Waals surface area contributed by atoms with Gasteiger partial charge in [0.2, 0.25) is 11.8 Å². The lowest BCUT2D eigenvalue weighted by Crippen LogP contribution is -2.48. The molecule has 3 rings (SSSR count). The Morgan fingerprint density at radius 2 is 1.71 bits per heavy atom. The second-order valence-electron chi connectivity index (χ2n) is 10.5. The molecule has 0 spiro atoms. The van der Waals surface area contributed by atoms with E-state index < -0.39 is 0 Å². The number of unbranched alkanes of at least 4 members (excludes halogenated alkanes) is 2. The molecule has 5 heteroatoms. The van der Waals surface area contributed by atoms with Gasteiger partial charge in [-0.2, -0.15) is 0 Å². The second-order valence-corrected chi connectivity index (χ2v) is 10.5. The molecule has 1 aromatic carbocycles. The molecule has 1 fully saturated rings. The summed E-state index contributed by atoms with van der Waals surface area (Å²) in [7, 11) is 0. The largest absolute Gasteiger partial charge is 0.345 e. The maximum absolute atomic E-state index is 13.8. The third kappa shape index (κ3) is 8.55. The van der Waals surface area contributed by atoms with Gasteiger partial charge < -0.3 is 14.4 Å². The first-order valence-electron chi connectivity index (χ1n) is 13.7. The van der Waals surface area contributed by atoms with Crippen LogP contribution in [0.4, 0.5) is 0 Å². The van der Waals surface area contributed by atoms with E-state index in [1.807, 2.05) is 11.0 Å². The molecule has 0 atom stereocenters. The summed E-state index contributed by atoms with van der Waals surface area (Å²) >= 11 is 0. The molecule has 1 heterocycles. The zero-order valence-electron chi connectivity index (χ0n) is 22.1. The minimum Gasteiger partial charge on any atom is -0.345 e. The first-order valence-corrected chi connectivity index (χ1v) is 13.7. The SMILES string of the molecule is CCCCCN(CC(=O)N(Cc1cccn1Cc1ccccc1)C1CCCCC1)C(=O)CC(C)C. The van der Waals surface area contributed by atoms with Crippen LogP contribution in [0.2, 0.25) is 0 Å². The van der Waals surface area contributed by atoms with Gasteiger partial charge in [0.05, 0.1) is 13.1 Å². The number of hydrogen-bond acceptors (Lipinski definition) is 2. The molecule has 0 unspecified atom stereocenters. The number of hydrogen-bond donors (Lipinski definition) is 0. The van der Waals surface area contributed by atoms with Crippen LogP contribution in [0.1, 0.15) is 89.8 Å². The molecule has 0 saturated heterocycles. The monoisotopic (exact) mass is 479 g/mol. The van der Waals surface area contributed by atoms with Gasteiger partial charge in [-0.1, -0.05) is 83.2 Å². The van der Waals surface area contributed by atoms with Crippen LogP contribution in [0.3, 0.4) is 0 Å². The molecule has 1 aliphatic rings. The van der Waals surface area contributed by atoms with Crippen LogP contribution in [0.15, 0.2) is 48.7 Å². The Morgan fingerprint density at radius 1 is 0.971 bits per heavy atom. The highest BCUT2D eigenvalue weighted by Crippen LogP contribution is 2.25. The van der Waals surface area contributed by atoms with Gasteiger partial charge in [0.1, 0.15) is 0 Å². The molecular formula is C30H45N3O2.